The summed E-state index contributed by atoms with van der Waals surface area (Å²) < 4.78 is 5.18. The molecule has 0 unspecified atom stereocenters. The molecule has 146 valence electrons. The molecule has 0 spiro atoms. The molecule has 3 rings (SSSR count). The molecule has 3 aromatic rings. The van der Waals surface area contributed by atoms with Crippen molar-refractivity contribution in [2.24, 2.45) is 0 Å². The van der Waals surface area contributed by atoms with E-state index in [4.69, 9.17) is 4.74 Å². The number of amides is 1. The van der Waals surface area contributed by atoms with Crippen LogP contribution in [0, 0.1) is 0 Å². The Morgan fingerprint density at radius 2 is 1.93 bits per heavy atom. The minimum absolute atomic E-state index is 0.00851. The first-order chi connectivity index (χ1) is 13.6. The number of aromatic amines is 1. The van der Waals surface area contributed by atoms with Crippen LogP contribution in [0.15, 0.2) is 53.3 Å². The number of carbonyl (C=O) groups excluding carboxylic acids is 1. The minimum atomic E-state index is -0.143. The van der Waals surface area contributed by atoms with Gasteiger partial charge in [0.15, 0.2) is 0 Å². The van der Waals surface area contributed by atoms with Crippen LogP contribution < -0.4 is 15.6 Å². The number of ether oxygens (including phenoxy) is 1. The molecule has 6 heteroatoms. The summed E-state index contributed by atoms with van der Waals surface area (Å²) in [6.07, 6.45) is 2.35. The van der Waals surface area contributed by atoms with Crippen molar-refractivity contribution in [2.45, 2.75) is 38.6 Å². The van der Waals surface area contributed by atoms with Gasteiger partial charge in [0.05, 0.1) is 24.1 Å². The standard InChI is InChI=1S/C22H25N3O3/c1-3-18(15-11-13-16(28-2)14-12-15)24-21(26)10-6-9-20-23-19-8-5-4-7-17(19)22(27)25-20/h4-5,7-8,11-14,18H,3,6,9-10H2,1-2H3,(H,24,26)(H,23,25,27)/t18-/m1/s1. The van der Waals surface area contributed by atoms with Crippen LogP contribution in [-0.2, 0) is 11.2 Å². The van der Waals surface area contributed by atoms with E-state index in [-0.39, 0.29) is 17.5 Å². The number of H-pyrrole nitrogens is 1. The van der Waals surface area contributed by atoms with E-state index in [0.29, 0.717) is 36.0 Å². The Morgan fingerprint density at radius 3 is 2.64 bits per heavy atom. The summed E-state index contributed by atoms with van der Waals surface area (Å²) in [5.74, 6) is 1.39. The zero-order chi connectivity index (χ0) is 19.9. The van der Waals surface area contributed by atoms with E-state index in [2.05, 4.69) is 15.3 Å². The second-order valence-electron chi connectivity index (χ2n) is 6.68. The predicted molar refractivity (Wildman–Crippen MR) is 109 cm³/mol. The van der Waals surface area contributed by atoms with Crippen molar-refractivity contribution >= 4 is 16.8 Å². The number of hydrogen-bond donors (Lipinski definition) is 2. The molecule has 2 N–H and O–H groups in total. The summed E-state index contributed by atoms with van der Waals surface area (Å²) in [5.41, 5.74) is 1.59. The SMILES string of the molecule is CC[C@@H](NC(=O)CCCc1nc2ccccc2c(=O)[nH]1)c1ccc(OC)cc1. The molecule has 0 fully saturated rings. The van der Waals surface area contributed by atoms with E-state index in [1.165, 1.54) is 0 Å². The number of nitrogens with zero attached hydrogens (tertiary/aromatic N) is 1. The third-order valence-electron chi connectivity index (χ3n) is 4.74. The van der Waals surface area contributed by atoms with Crippen molar-refractivity contribution in [3.8, 4) is 5.75 Å². The molecule has 1 atom stereocenters. The summed E-state index contributed by atoms with van der Waals surface area (Å²) >= 11 is 0. The van der Waals surface area contributed by atoms with E-state index in [1.807, 2.05) is 49.4 Å². The second-order valence-corrected chi connectivity index (χ2v) is 6.68. The van der Waals surface area contributed by atoms with E-state index >= 15 is 0 Å². The molecule has 0 aliphatic rings. The molecule has 0 aliphatic carbocycles. The monoisotopic (exact) mass is 379 g/mol. The van der Waals surface area contributed by atoms with Gasteiger partial charge < -0.3 is 15.0 Å². The van der Waals surface area contributed by atoms with Gasteiger partial charge in [0, 0.05) is 12.8 Å². The Labute approximate surface area is 164 Å². The van der Waals surface area contributed by atoms with Gasteiger partial charge in [-0.25, -0.2) is 4.98 Å². The van der Waals surface area contributed by atoms with Crippen LogP contribution in [0.3, 0.4) is 0 Å². The van der Waals surface area contributed by atoms with Crippen molar-refractivity contribution in [3.05, 3.63) is 70.3 Å². The van der Waals surface area contributed by atoms with Crippen LogP contribution >= 0.6 is 0 Å². The van der Waals surface area contributed by atoms with Crippen LogP contribution in [0.1, 0.15) is 43.6 Å². The lowest BCUT2D eigenvalue weighted by molar-refractivity contribution is -0.122. The fourth-order valence-electron chi connectivity index (χ4n) is 3.19. The van der Waals surface area contributed by atoms with Crippen molar-refractivity contribution in [3.63, 3.8) is 0 Å². The van der Waals surface area contributed by atoms with Crippen LogP contribution in [0.25, 0.3) is 10.9 Å². The van der Waals surface area contributed by atoms with Crippen molar-refractivity contribution < 1.29 is 9.53 Å². The first-order valence-corrected chi connectivity index (χ1v) is 9.52. The van der Waals surface area contributed by atoms with Crippen molar-refractivity contribution in [1.29, 1.82) is 0 Å². The Bertz CT molecular complexity index is 996. The smallest absolute Gasteiger partial charge is 0.258 e. The molecule has 0 saturated heterocycles. The van der Waals surface area contributed by atoms with Gasteiger partial charge in [0.2, 0.25) is 5.91 Å². The quantitative estimate of drug-likeness (QED) is 0.627. The van der Waals surface area contributed by atoms with Gasteiger partial charge in [0.1, 0.15) is 11.6 Å². The molecule has 1 amide bonds. The lowest BCUT2D eigenvalue weighted by Crippen LogP contribution is -2.28. The second kappa shape index (κ2) is 9.17. The van der Waals surface area contributed by atoms with E-state index in [0.717, 1.165) is 17.7 Å². The third-order valence-corrected chi connectivity index (χ3v) is 4.74. The maximum Gasteiger partial charge on any atom is 0.258 e. The molecule has 28 heavy (non-hydrogen) atoms. The molecular formula is C22H25N3O3. The van der Waals surface area contributed by atoms with Gasteiger partial charge >= 0.3 is 0 Å². The van der Waals surface area contributed by atoms with Crippen LogP contribution in [0.5, 0.6) is 5.75 Å². The highest BCUT2D eigenvalue weighted by molar-refractivity contribution is 5.77. The Kier molecular flexibility index (Phi) is 6.42. The largest absolute Gasteiger partial charge is 0.497 e. The van der Waals surface area contributed by atoms with Gasteiger partial charge in [-0.2, -0.15) is 0 Å². The maximum absolute atomic E-state index is 12.4. The number of nitrogens with one attached hydrogen (secondary N) is 2. The summed E-state index contributed by atoms with van der Waals surface area (Å²) in [4.78, 5) is 31.7. The number of methoxy groups -OCH3 is 1. The average Bonchev–Trinajstić information content (AvgIpc) is 2.72. The molecule has 0 bridgehead atoms. The minimum Gasteiger partial charge on any atom is -0.497 e. The zero-order valence-electron chi connectivity index (χ0n) is 16.2. The van der Waals surface area contributed by atoms with Gasteiger partial charge in [-0.3, -0.25) is 9.59 Å². The zero-order valence-corrected chi connectivity index (χ0v) is 16.2. The van der Waals surface area contributed by atoms with Gasteiger partial charge in [-0.05, 0) is 42.7 Å². The number of rotatable bonds is 8. The fourth-order valence-corrected chi connectivity index (χ4v) is 3.19. The molecule has 6 nitrogen and oxygen atoms in total. The van der Waals surface area contributed by atoms with Crippen LogP contribution in [0.2, 0.25) is 0 Å². The number of carbonyl (C=O) groups is 1. The summed E-state index contributed by atoms with van der Waals surface area (Å²) in [6.45, 7) is 2.04. The number of para-hydroxylation sites is 1. The predicted octanol–water partition coefficient (Wildman–Crippen LogP) is 3.52. The topological polar surface area (TPSA) is 84.1 Å². The normalized spacial score (nSPS) is 11.9. The maximum atomic E-state index is 12.4. The highest BCUT2D eigenvalue weighted by Gasteiger charge is 2.13. The average molecular weight is 379 g/mol. The number of benzene rings is 2. The lowest BCUT2D eigenvalue weighted by Gasteiger charge is -2.18. The van der Waals surface area contributed by atoms with E-state index in [1.54, 1.807) is 13.2 Å². The van der Waals surface area contributed by atoms with Gasteiger partial charge in [-0.15, -0.1) is 0 Å². The molecule has 1 aromatic heterocycles. The number of fused-ring (bicyclic) bond motifs is 1. The number of hydrogen-bond acceptors (Lipinski definition) is 4. The van der Waals surface area contributed by atoms with Crippen molar-refractivity contribution in [2.75, 3.05) is 7.11 Å². The Morgan fingerprint density at radius 1 is 1.18 bits per heavy atom. The van der Waals surface area contributed by atoms with Crippen molar-refractivity contribution in [1.82, 2.24) is 15.3 Å². The first kappa shape index (κ1) is 19.6. The molecular weight excluding hydrogens is 354 g/mol. The molecule has 0 aliphatic heterocycles. The molecule has 0 saturated carbocycles. The van der Waals surface area contributed by atoms with Gasteiger partial charge in [-0.1, -0.05) is 31.2 Å². The molecule has 2 aromatic carbocycles. The first-order valence-electron chi connectivity index (χ1n) is 9.52. The number of aromatic nitrogens is 2. The fraction of sp³-hybridized carbons (Fsp3) is 0.318. The van der Waals surface area contributed by atoms with Gasteiger partial charge in [0.25, 0.3) is 5.56 Å². The molecule has 1 heterocycles. The Hall–Kier alpha value is -3.15. The Balaban J connectivity index is 1.55. The third kappa shape index (κ3) is 4.76. The lowest BCUT2D eigenvalue weighted by atomic mass is 10.0. The molecule has 0 radical (unpaired) electrons. The summed E-state index contributed by atoms with van der Waals surface area (Å²) in [6, 6.07) is 14.9. The summed E-state index contributed by atoms with van der Waals surface area (Å²) in [5, 5.41) is 3.65. The van der Waals surface area contributed by atoms with E-state index in [9.17, 15) is 9.59 Å². The number of aryl methyl sites for hydroxylation is 1. The van der Waals surface area contributed by atoms with Crippen LogP contribution in [0.4, 0.5) is 0 Å². The van der Waals surface area contributed by atoms with Crippen LogP contribution in [-0.4, -0.2) is 23.0 Å². The van der Waals surface area contributed by atoms with E-state index < -0.39 is 0 Å². The summed E-state index contributed by atoms with van der Waals surface area (Å²) in [7, 11) is 1.63. The highest BCUT2D eigenvalue weighted by Crippen LogP contribution is 2.20. The highest BCUT2D eigenvalue weighted by atomic mass is 16.5.